The van der Waals surface area contributed by atoms with Gasteiger partial charge < -0.3 is 10.6 Å². The molecule has 1 aliphatic heterocycles. The molecule has 18 heavy (non-hydrogen) atoms. The van der Waals surface area contributed by atoms with Crippen LogP contribution in [-0.4, -0.2) is 53.5 Å². The van der Waals surface area contributed by atoms with E-state index in [1.165, 1.54) is 11.1 Å². The van der Waals surface area contributed by atoms with Gasteiger partial charge in [-0.25, -0.2) is 8.42 Å². The van der Waals surface area contributed by atoms with E-state index < -0.39 is 9.84 Å². The van der Waals surface area contributed by atoms with Gasteiger partial charge in [-0.2, -0.15) is 5.10 Å². The molecule has 0 aliphatic carbocycles. The predicted molar refractivity (Wildman–Crippen MR) is 66.8 cm³/mol. The summed E-state index contributed by atoms with van der Waals surface area (Å²) < 4.78 is 22.9. The van der Waals surface area contributed by atoms with Crippen LogP contribution in [-0.2, 0) is 9.84 Å². The molecule has 7 nitrogen and oxygen atoms in total. The van der Waals surface area contributed by atoms with Gasteiger partial charge in [-0.15, -0.1) is 0 Å². The SMILES string of the molecule is CCN(C(=O)c1[nH]ncc1N)C1CCS(=O)(=O)C1. The quantitative estimate of drug-likeness (QED) is 0.781. The molecule has 2 rings (SSSR count). The Hall–Kier alpha value is -1.57. The maximum Gasteiger partial charge on any atom is 0.274 e. The van der Waals surface area contributed by atoms with Gasteiger partial charge >= 0.3 is 0 Å². The fraction of sp³-hybridized carbons (Fsp3) is 0.600. The number of sulfone groups is 1. The third-order valence-corrected chi connectivity index (χ3v) is 4.88. The number of aromatic nitrogens is 2. The van der Waals surface area contributed by atoms with Crippen LogP contribution in [0.2, 0.25) is 0 Å². The van der Waals surface area contributed by atoms with Crippen LogP contribution in [0.1, 0.15) is 23.8 Å². The molecule has 0 radical (unpaired) electrons. The van der Waals surface area contributed by atoms with Crippen molar-refractivity contribution in [3.05, 3.63) is 11.9 Å². The second-order valence-electron chi connectivity index (χ2n) is 4.35. The van der Waals surface area contributed by atoms with Gasteiger partial charge in [0.2, 0.25) is 0 Å². The van der Waals surface area contributed by atoms with Crippen LogP contribution in [0.3, 0.4) is 0 Å². The minimum atomic E-state index is -3.01. The molecule has 1 aromatic heterocycles. The highest BCUT2D eigenvalue weighted by molar-refractivity contribution is 7.91. The number of amides is 1. The summed E-state index contributed by atoms with van der Waals surface area (Å²) in [5, 5.41) is 6.25. The van der Waals surface area contributed by atoms with E-state index in [4.69, 9.17) is 5.73 Å². The van der Waals surface area contributed by atoms with Crippen molar-refractivity contribution in [2.45, 2.75) is 19.4 Å². The van der Waals surface area contributed by atoms with Gasteiger partial charge in [-0.1, -0.05) is 0 Å². The number of nitrogens with two attached hydrogens (primary N) is 1. The third kappa shape index (κ3) is 2.33. The number of hydrogen-bond donors (Lipinski definition) is 2. The smallest absolute Gasteiger partial charge is 0.274 e. The topological polar surface area (TPSA) is 109 Å². The highest BCUT2D eigenvalue weighted by atomic mass is 32.2. The molecule has 1 saturated heterocycles. The summed E-state index contributed by atoms with van der Waals surface area (Å²) in [6, 6.07) is -0.268. The molecule has 1 atom stereocenters. The standard InChI is InChI=1S/C10H16N4O3S/c1-2-14(7-3-4-18(16,17)6-7)10(15)9-8(11)5-12-13-9/h5,7H,2-4,6,11H2,1H3,(H,12,13). The average molecular weight is 272 g/mol. The first kappa shape index (κ1) is 12.9. The first-order valence-electron chi connectivity index (χ1n) is 5.75. The molecule has 1 amide bonds. The second-order valence-corrected chi connectivity index (χ2v) is 6.58. The number of nitrogens with one attached hydrogen (secondary N) is 1. The Bertz CT molecular complexity index is 551. The van der Waals surface area contributed by atoms with Gasteiger partial charge in [-0.3, -0.25) is 9.89 Å². The van der Waals surface area contributed by atoms with E-state index in [-0.39, 0.29) is 34.8 Å². The number of rotatable bonds is 3. The molecule has 0 saturated carbocycles. The number of aromatic amines is 1. The lowest BCUT2D eigenvalue weighted by Gasteiger charge is -2.26. The number of H-pyrrole nitrogens is 1. The highest BCUT2D eigenvalue weighted by Crippen LogP contribution is 2.20. The van der Waals surface area contributed by atoms with Crippen molar-refractivity contribution in [1.82, 2.24) is 15.1 Å². The van der Waals surface area contributed by atoms with Crippen LogP contribution in [0.15, 0.2) is 6.20 Å². The predicted octanol–water partition coefficient (Wildman–Crippen LogP) is -0.359. The highest BCUT2D eigenvalue weighted by Gasteiger charge is 2.35. The summed E-state index contributed by atoms with van der Waals surface area (Å²) in [6.07, 6.45) is 1.85. The summed E-state index contributed by atoms with van der Waals surface area (Å²) in [4.78, 5) is 13.8. The van der Waals surface area contributed by atoms with Crippen molar-refractivity contribution in [3.63, 3.8) is 0 Å². The molecule has 0 spiro atoms. The number of anilines is 1. The Morgan fingerprint density at radius 1 is 1.67 bits per heavy atom. The molecular weight excluding hydrogens is 256 g/mol. The fourth-order valence-electron chi connectivity index (χ4n) is 2.20. The van der Waals surface area contributed by atoms with E-state index in [0.717, 1.165) is 0 Å². The van der Waals surface area contributed by atoms with Crippen LogP contribution < -0.4 is 5.73 Å². The van der Waals surface area contributed by atoms with Gasteiger partial charge in [0.1, 0.15) is 5.69 Å². The Kier molecular flexibility index (Phi) is 3.29. The molecule has 1 fully saturated rings. The minimum absolute atomic E-state index is 0.0284. The zero-order chi connectivity index (χ0) is 13.3. The molecular formula is C10H16N4O3S. The summed E-state index contributed by atoms with van der Waals surface area (Å²) in [6.45, 7) is 2.26. The Morgan fingerprint density at radius 3 is 2.83 bits per heavy atom. The van der Waals surface area contributed by atoms with Gasteiger partial charge in [0.05, 0.1) is 23.4 Å². The average Bonchev–Trinajstić information content (AvgIpc) is 2.86. The Balaban J connectivity index is 2.20. The summed E-state index contributed by atoms with van der Waals surface area (Å²) in [7, 11) is -3.01. The van der Waals surface area contributed by atoms with E-state index in [2.05, 4.69) is 10.2 Å². The van der Waals surface area contributed by atoms with Crippen LogP contribution in [0.4, 0.5) is 5.69 Å². The van der Waals surface area contributed by atoms with Crippen molar-refractivity contribution < 1.29 is 13.2 Å². The zero-order valence-electron chi connectivity index (χ0n) is 10.1. The molecule has 1 unspecified atom stereocenters. The number of hydrogen-bond acceptors (Lipinski definition) is 5. The second kappa shape index (κ2) is 4.60. The first-order valence-corrected chi connectivity index (χ1v) is 7.57. The van der Waals surface area contributed by atoms with Crippen molar-refractivity contribution in [3.8, 4) is 0 Å². The van der Waals surface area contributed by atoms with E-state index in [1.54, 1.807) is 0 Å². The van der Waals surface area contributed by atoms with Crippen molar-refractivity contribution in [2.75, 3.05) is 23.8 Å². The van der Waals surface area contributed by atoms with Crippen LogP contribution >= 0.6 is 0 Å². The number of nitrogen functional groups attached to an aromatic ring is 1. The molecule has 1 aliphatic rings. The summed E-state index contributed by atoms with van der Waals surface area (Å²) >= 11 is 0. The molecule has 0 bridgehead atoms. The Morgan fingerprint density at radius 2 is 2.39 bits per heavy atom. The van der Waals surface area contributed by atoms with E-state index in [1.807, 2.05) is 6.92 Å². The fourth-order valence-corrected chi connectivity index (χ4v) is 3.93. The lowest BCUT2D eigenvalue weighted by molar-refractivity contribution is 0.0703. The molecule has 8 heteroatoms. The van der Waals surface area contributed by atoms with E-state index >= 15 is 0 Å². The Labute approximate surface area is 105 Å². The largest absolute Gasteiger partial charge is 0.396 e. The van der Waals surface area contributed by atoms with Gasteiger partial charge in [0, 0.05) is 12.6 Å². The normalized spacial score (nSPS) is 21.9. The van der Waals surface area contributed by atoms with Gasteiger partial charge in [0.25, 0.3) is 5.91 Å². The van der Waals surface area contributed by atoms with E-state index in [0.29, 0.717) is 13.0 Å². The minimum Gasteiger partial charge on any atom is -0.396 e. The molecule has 2 heterocycles. The third-order valence-electron chi connectivity index (χ3n) is 3.13. The zero-order valence-corrected chi connectivity index (χ0v) is 10.9. The maximum absolute atomic E-state index is 12.2. The van der Waals surface area contributed by atoms with Gasteiger partial charge in [0.15, 0.2) is 9.84 Å². The molecule has 1 aromatic rings. The number of nitrogens with zero attached hydrogens (tertiary/aromatic N) is 2. The van der Waals surface area contributed by atoms with Crippen molar-refractivity contribution >= 4 is 21.4 Å². The molecule has 0 aromatic carbocycles. The molecule has 100 valence electrons. The van der Waals surface area contributed by atoms with Crippen LogP contribution in [0.5, 0.6) is 0 Å². The van der Waals surface area contributed by atoms with Crippen molar-refractivity contribution in [1.29, 1.82) is 0 Å². The van der Waals surface area contributed by atoms with Crippen LogP contribution in [0, 0.1) is 0 Å². The summed E-state index contributed by atoms with van der Waals surface area (Å²) in [5.74, 6) is -0.129. The van der Waals surface area contributed by atoms with Crippen LogP contribution in [0.25, 0.3) is 0 Å². The monoisotopic (exact) mass is 272 g/mol. The lowest BCUT2D eigenvalue weighted by Crippen LogP contribution is -2.41. The summed E-state index contributed by atoms with van der Waals surface area (Å²) in [5.41, 5.74) is 6.13. The number of carbonyl (C=O) groups excluding carboxylic acids is 1. The lowest BCUT2D eigenvalue weighted by atomic mass is 10.2. The maximum atomic E-state index is 12.2. The molecule has 3 N–H and O–H groups in total. The number of carbonyl (C=O) groups is 1. The van der Waals surface area contributed by atoms with E-state index in [9.17, 15) is 13.2 Å². The van der Waals surface area contributed by atoms with Gasteiger partial charge in [-0.05, 0) is 13.3 Å². The van der Waals surface area contributed by atoms with Crippen molar-refractivity contribution in [2.24, 2.45) is 0 Å². The first-order chi connectivity index (χ1) is 8.44.